The van der Waals surface area contributed by atoms with Crippen LogP contribution in [0.5, 0.6) is 5.75 Å². The van der Waals surface area contributed by atoms with E-state index in [2.05, 4.69) is 46.3 Å². The predicted molar refractivity (Wildman–Crippen MR) is 152 cm³/mol. The molecule has 0 unspecified atom stereocenters. The fourth-order valence-electron chi connectivity index (χ4n) is 5.86. The topological polar surface area (TPSA) is 90.8 Å². The van der Waals surface area contributed by atoms with Crippen LogP contribution in [-0.4, -0.2) is 56.8 Å². The van der Waals surface area contributed by atoms with Gasteiger partial charge in [-0.15, -0.1) is 0 Å². The van der Waals surface area contributed by atoms with Crippen molar-refractivity contribution < 1.29 is 14.6 Å². The number of imidazole rings is 1. The normalized spacial score (nSPS) is 17.5. The van der Waals surface area contributed by atoms with Gasteiger partial charge in [0.05, 0.1) is 18.1 Å². The summed E-state index contributed by atoms with van der Waals surface area (Å²) < 4.78 is 7.24. The number of fused-ring (bicyclic) bond motifs is 1. The van der Waals surface area contributed by atoms with Crippen molar-refractivity contribution >= 4 is 17.1 Å². The van der Waals surface area contributed by atoms with Crippen LogP contribution in [0.25, 0.3) is 11.0 Å². The number of nitrogens with one attached hydrogen (secondary N) is 1. The molecular formula is C31H36N4O4. The Morgan fingerprint density at radius 3 is 2.56 bits per heavy atom. The number of hydrogen-bond donors (Lipinski definition) is 2. The molecule has 2 N–H and O–H groups in total. The van der Waals surface area contributed by atoms with Gasteiger partial charge in [-0.1, -0.05) is 54.6 Å². The summed E-state index contributed by atoms with van der Waals surface area (Å²) in [7, 11) is 1.68. The van der Waals surface area contributed by atoms with E-state index in [0.29, 0.717) is 19.4 Å². The summed E-state index contributed by atoms with van der Waals surface area (Å²) in [6, 6.07) is 26.0. The first-order chi connectivity index (χ1) is 19.0. The summed E-state index contributed by atoms with van der Waals surface area (Å²) in [6.07, 6.45) is 1.95. The SMILES string of the molecule is COc1cccc(CN(CCC[C@H]2C[C@@H](n3c(=O)[nH]c4ccccc43)CCN2C(=O)O)Cc2ccccc2)c1. The highest BCUT2D eigenvalue weighted by atomic mass is 16.5. The molecule has 39 heavy (non-hydrogen) atoms. The minimum absolute atomic E-state index is 0.0357. The minimum Gasteiger partial charge on any atom is -0.497 e. The monoisotopic (exact) mass is 528 g/mol. The van der Waals surface area contributed by atoms with E-state index in [4.69, 9.17) is 4.74 Å². The van der Waals surface area contributed by atoms with Crippen molar-refractivity contribution in [2.24, 2.45) is 0 Å². The Morgan fingerprint density at radius 1 is 1.03 bits per heavy atom. The summed E-state index contributed by atoms with van der Waals surface area (Å²) in [5.74, 6) is 0.838. The van der Waals surface area contributed by atoms with Gasteiger partial charge in [0.2, 0.25) is 0 Å². The second kappa shape index (κ2) is 12.2. The molecule has 3 aromatic carbocycles. The van der Waals surface area contributed by atoms with Crippen LogP contribution in [0.2, 0.25) is 0 Å². The Labute approximate surface area is 228 Å². The number of amides is 1. The summed E-state index contributed by atoms with van der Waals surface area (Å²) in [5, 5.41) is 9.93. The average molecular weight is 529 g/mol. The molecule has 0 aliphatic carbocycles. The predicted octanol–water partition coefficient (Wildman–Crippen LogP) is 5.50. The minimum atomic E-state index is -0.887. The molecule has 8 nitrogen and oxygen atoms in total. The number of H-pyrrole nitrogens is 1. The second-order valence-corrected chi connectivity index (χ2v) is 10.3. The van der Waals surface area contributed by atoms with Gasteiger partial charge in [0.25, 0.3) is 0 Å². The molecule has 204 valence electrons. The molecule has 1 amide bonds. The molecule has 5 rings (SSSR count). The van der Waals surface area contributed by atoms with Gasteiger partial charge in [-0.2, -0.15) is 0 Å². The van der Waals surface area contributed by atoms with E-state index in [1.54, 1.807) is 12.0 Å². The van der Waals surface area contributed by atoms with Gasteiger partial charge >= 0.3 is 11.8 Å². The van der Waals surface area contributed by atoms with Crippen molar-refractivity contribution in [1.29, 1.82) is 0 Å². The highest BCUT2D eigenvalue weighted by Gasteiger charge is 2.33. The third-order valence-corrected chi connectivity index (χ3v) is 7.72. The molecule has 1 saturated heterocycles. The summed E-state index contributed by atoms with van der Waals surface area (Å²) in [5.41, 5.74) is 3.98. The van der Waals surface area contributed by atoms with Crippen molar-refractivity contribution in [3.05, 3.63) is 100 Å². The third kappa shape index (κ3) is 6.34. The third-order valence-electron chi connectivity index (χ3n) is 7.72. The van der Waals surface area contributed by atoms with Crippen LogP contribution in [0.3, 0.4) is 0 Å². The van der Waals surface area contributed by atoms with Gasteiger partial charge in [0.1, 0.15) is 5.75 Å². The number of para-hydroxylation sites is 2. The van der Waals surface area contributed by atoms with E-state index in [-0.39, 0.29) is 17.8 Å². The Bertz CT molecular complexity index is 1450. The Hall–Kier alpha value is -4.04. The second-order valence-electron chi connectivity index (χ2n) is 10.3. The van der Waals surface area contributed by atoms with Crippen LogP contribution < -0.4 is 10.4 Å². The number of nitrogens with zero attached hydrogens (tertiary/aromatic N) is 3. The number of hydrogen-bond acceptors (Lipinski definition) is 4. The molecule has 0 radical (unpaired) electrons. The molecule has 0 spiro atoms. The lowest BCUT2D eigenvalue weighted by Gasteiger charge is -2.38. The summed E-state index contributed by atoms with van der Waals surface area (Å²) >= 11 is 0. The van der Waals surface area contributed by atoms with Gasteiger partial charge in [-0.05, 0) is 67.6 Å². The van der Waals surface area contributed by atoms with Crippen molar-refractivity contribution in [1.82, 2.24) is 19.4 Å². The van der Waals surface area contributed by atoms with Gasteiger partial charge in [-0.25, -0.2) is 9.59 Å². The number of rotatable bonds is 10. The first kappa shape index (κ1) is 26.6. The van der Waals surface area contributed by atoms with Crippen molar-refractivity contribution in [2.75, 3.05) is 20.2 Å². The van der Waals surface area contributed by atoms with E-state index < -0.39 is 6.09 Å². The lowest BCUT2D eigenvalue weighted by molar-refractivity contribution is 0.0853. The van der Waals surface area contributed by atoms with E-state index in [9.17, 15) is 14.7 Å². The number of aromatic amines is 1. The number of ether oxygens (including phenoxy) is 1. The molecule has 4 aromatic rings. The molecule has 2 heterocycles. The first-order valence-corrected chi connectivity index (χ1v) is 13.6. The Kier molecular flexibility index (Phi) is 8.32. The van der Waals surface area contributed by atoms with Gasteiger partial charge in [0, 0.05) is 31.7 Å². The van der Waals surface area contributed by atoms with Crippen LogP contribution in [-0.2, 0) is 13.1 Å². The van der Waals surface area contributed by atoms with Crippen LogP contribution in [0, 0.1) is 0 Å². The Balaban J connectivity index is 1.29. The quantitative estimate of drug-likeness (QED) is 0.284. The maximum atomic E-state index is 12.8. The molecule has 2 atom stereocenters. The zero-order valence-corrected chi connectivity index (χ0v) is 22.3. The van der Waals surface area contributed by atoms with E-state index in [1.165, 1.54) is 11.1 Å². The van der Waals surface area contributed by atoms with Crippen molar-refractivity contribution in [2.45, 2.75) is 50.9 Å². The standard InChI is InChI=1S/C31H36N4O4/c1-39-27-13-7-11-24(19-27)22-33(21-23-9-3-2-4-10-23)17-8-12-25-20-26(16-18-34(25)31(37)38)35-29-15-6-5-14-28(29)32-30(35)36/h2-7,9-11,13-15,19,25-26H,8,12,16-18,20-22H2,1H3,(H,32,36)(H,37,38)/t25-,26-/m0/s1. The number of piperidine rings is 1. The number of carboxylic acid groups (broad SMARTS) is 1. The molecule has 1 aromatic heterocycles. The molecule has 0 saturated carbocycles. The molecule has 1 aliphatic rings. The van der Waals surface area contributed by atoms with Crippen LogP contribution >= 0.6 is 0 Å². The summed E-state index contributed by atoms with van der Waals surface area (Å²) in [6.45, 7) is 2.83. The number of benzene rings is 3. The van der Waals surface area contributed by atoms with Crippen LogP contribution in [0.4, 0.5) is 4.79 Å². The smallest absolute Gasteiger partial charge is 0.407 e. The number of likely N-dealkylation sites (tertiary alicyclic amines) is 1. The number of aromatic nitrogens is 2. The van der Waals surface area contributed by atoms with Gasteiger partial charge in [0.15, 0.2) is 0 Å². The fraction of sp³-hybridized carbons (Fsp3) is 0.355. The Morgan fingerprint density at radius 2 is 1.77 bits per heavy atom. The average Bonchev–Trinajstić information content (AvgIpc) is 3.29. The van der Waals surface area contributed by atoms with Crippen molar-refractivity contribution in [3.8, 4) is 5.75 Å². The number of carbonyl (C=O) groups is 1. The maximum Gasteiger partial charge on any atom is 0.407 e. The van der Waals surface area contributed by atoms with Gasteiger partial charge in [-0.3, -0.25) is 9.47 Å². The molecule has 8 heteroatoms. The highest BCUT2D eigenvalue weighted by molar-refractivity contribution is 5.75. The van der Waals surface area contributed by atoms with Crippen LogP contribution in [0.1, 0.15) is 42.9 Å². The fourth-order valence-corrected chi connectivity index (χ4v) is 5.86. The zero-order chi connectivity index (χ0) is 27.2. The van der Waals surface area contributed by atoms with Crippen molar-refractivity contribution in [3.63, 3.8) is 0 Å². The summed E-state index contributed by atoms with van der Waals surface area (Å²) in [4.78, 5) is 31.8. The van der Waals surface area contributed by atoms with Crippen LogP contribution in [0.15, 0.2) is 83.7 Å². The highest BCUT2D eigenvalue weighted by Crippen LogP contribution is 2.31. The van der Waals surface area contributed by atoms with E-state index >= 15 is 0 Å². The zero-order valence-electron chi connectivity index (χ0n) is 22.3. The van der Waals surface area contributed by atoms with E-state index in [1.807, 2.05) is 47.0 Å². The lowest BCUT2D eigenvalue weighted by atomic mass is 9.93. The van der Waals surface area contributed by atoms with Gasteiger partial charge < -0.3 is 19.7 Å². The molecule has 1 fully saturated rings. The molecule has 0 bridgehead atoms. The lowest BCUT2D eigenvalue weighted by Crippen LogP contribution is -2.47. The largest absolute Gasteiger partial charge is 0.497 e. The maximum absolute atomic E-state index is 12.8. The first-order valence-electron chi connectivity index (χ1n) is 13.6. The molecular weight excluding hydrogens is 492 g/mol. The van der Waals surface area contributed by atoms with E-state index in [0.717, 1.165) is 49.3 Å². The number of methoxy groups -OCH3 is 1. The molecule has 1 aliphatic heterocycles.